The number of thiophene rings is 1. The molecular weight excluding hydrogens is 344 g/mol. The standard InChI is InChI=1S/C17H27BrN2S/c1-3-14(19)17(15-6-7-16(18)21-15)20(2)10-13-9-11-4-5-12(13)8-11/h6-7,11-14,17H,3-5,8-10,19H2,1-2H3. The Bertz CT molecular complexity index is 475. The number of fused-ring (bicyclic) bond motifs is 2. The van der Waals surface area contributed by atoms with Crippen molar-refractivity contribution in [2.75, 3.05) is 13.6 Å². The number of nitrogens with two attached hydrogens (primary N) is 1. The summed E-state index contributed by atoms with van der Waals surface area (Å²) in [6.07, 6.45) is 6.94. The maximum atomic E-state index is 6.46. The Balaban J connectivity index is 1.70. The predicted molar refractivity (Wildman–Crippen MR) is 94.6 cm³/mol. The van der Waals surface area contributed by atoms with E-state index in [1.165, 1.54) is 40.9 Å². The van der Waals surface area contributed by atoms with Gasteiger partial charge in [-0.3, -0.25) is 4.90 Å². The van der Waals surface area contributed by atoms with Gasteiger partial charge in [0, 0.05) is 17.5 Å². The fourth-order valence-electron chi connectivity index (χ4n) is 4.55. The van der Waals surface area contributed by atoms with Crippen LogP contribution >= 0.6 is 27.3 Å². The normalized spacial score (nSPS) is 31.0. The molecule has 2 aliphatic carbocycles. The lowest BCUT2D eigenvalue weighted by atomic mass is 9.88. The van der Waals surface area contributed by atoms with Crippen LogP contribution in [0.2, 0.25) is 0 Å². The van der Waals surface area contributed by atoms with Gasteiger partial charge in [-0.1, -0.05) is 13.3 Å². The summed E-state index contributed by atoms with van der Waals surface area (Å²) in [6.45, 7) is 3.42. The molecule has 4 heteroatoms. The fourth-order valence-corrected chi connectivity index (χ4v) is 6.21. The fraction of sp³-hybridized carbons (Fsp3) is 0.765. The van der Waals surface area contributed by atoms with Crippen molar-refractivity contribution in [3.63, 3.8) is 0 Å². The van der Waals surface area contributed by atoms with Crippen molar-refractivity contribution >= 4 is 27.3 Å². The Hall–Kier alpha value is 0.1000. The predicted octanol–water partition coefficient (Wildman–Crippen LogP) is 4.66. The van der Waals surface area contributed by atoms with Crippen molar-refractivity contribution in [2.24, 2.45) is 23.5 Å². The van der Waals surface area contributed by atoms with E-state index in [1.54, 1.807) is 0 Å². The quantitative estimate of drug-likeness (QED) is 0.788. The van der Waals surface area contributed by atoms with Crippen molar-refractivity contribution < 1.29 is 0 Å². The highest BCUT2D eigenvalue weighted by molar-refractivity contribution is 9.11. The second kappa shape index (κ2) is 6.69. The van der Waals surface area contributed by atoms with Crippen LogP contribution in [0.5, 0.6) is 0 Å². The minimum absolute atomic E-state index is 0.221. The molecule has 1 heterocycles. The van der Waals surface area contributed by atoms with Gasteiger partial charge in [-0.15, -0.1) is 11.3 Å². The van der Waals surface area contributed by atoms with E-state index in [-0.39, 0.29) is 6.04 Å². The highest BCUT2D eigenvalue weighted by atomic mass is 79.9. The van der Waals surface area contributed by atoms with Gasteiger partial charge in [-0.25, -0.2) is 0 Å². The van der Waals surface area contributed by atoms with Crippen LogP contribution in [0.4, 0.5) is 0 Å². The molecule has 1 aromatic rings. The maximum absolute atomic E-state index is 6.46. The average Bonchev–Trinajstić information content (AvgIpc) is 3.16. The number of halogens is 1. The second-order valence-corrected chi connectivity index (χ2v) is 9.53. The molecule has 0 spiro atoms. The number of likely N-dealkylation sites (N-methyl/N-ethyl adjacent to an activating group) is 1. The summed E-state index contributed by atoms with van der Waals surface area (Å²) in [5.74, 6) is 2.93. The van der Waals surface area contributed by atoms with E-state index in [0.29, 0.717) is 6.04 Å². The molecule has 1 aromatic heterocycles. The highest BCUT2D eigenvalue weighted by Gasteiger charge is 2.40. The third-order valence-electron chi connectivity index (χ3n) is 5.64. The van der Waals surface area contributed by atoms with Crippen LogP contribution in [0.3, 0.4) is 0 Å². The van der Waals surface area contributed by atoms with Crippen LogP contribution in [0.1, 0.15) is 49.9 Å². The Kier molecular flexibility index (Phi) is 5.09. The van der Waals surface area contributed by atoms with E-state index in [0.717, 1.165) is 24.2 Å². The van der Waals surface area contributed by atoms with Gasteiger partial charge in [-0.2, -0.15) is 0 Å². The van der Waals surface area contributed by atoms with Crippen LogP contribution in [0.15, 0.2) is 15.9 Å². The third-order valence-corrected chi connectivity index (χ3v) is 7.34. The molecular formula is C17H27BrN2S. The van der Waals surface area contributed by atoms with Gasteiger partial charge in [0.15, 0.2) is 0 Å². The van der Waals surface area contributed by atoms with Gasteiger partial charge < -0.3 is 5.73 Å². The molecule has 5 unspecified atom stereocenters. The van der Waals surface area contributed by atoms with Gasteiger partial charge in [-0.05, 0) is 78.5 Å². The largest absolute Gasteiger partial charge is 0.326 e. The smallest absolute Gasteiger partial charge is 0.0702 e. The van der Waals surface area contributed by atoms with Crippen LogP contribution < -0.4 is 5.73 Å². The maximum Gasteiger partial charge on any atom is 0.0702 e. The van der Waals surface area contributed by atoms with E-state index in [9.17, 15) is 0 Å². The van der Waals surface area contributed by atoms with E-state index in [1.807, 2.05) is 11.3 Å². The van der Waals surface area contributed by atoms with Crippen molar-refractivity contribution in [3.05, 3.63) is 20.8 Å². The summed E-state index contributed by atoms with van der Waals surface area (Å²) in [6, 6.07) is 4.98. The molecule has 21 heavy (non-hydrogen) atoms. The molecule has 2 bridgehead atoms. The topological polar surface area (TPSA) is 29.3 Å². The van der Waals surface area contributed by atoms with Crippen molar-refractivity contribution in [3.8, 4) is 0 Å². The Morgan fingerprint density at radius 3 is 2.71 bits per heavy atom. The van der Waals surface area contributed by atoms with E-state index < -0.39 is 0 Å². The molecule has 2 N–H and O–H groups in total. The summed E-state index contributed by atoms with van der Waals surface area (Å²) < 4.78 is 1.21. The van der Waals surface area contributed by atoms with Gasteiger partial charge in [0.25, 0.3) is 0 Å². The summed E-state index contributed by atoms with van der Waals surface area (Å²) in [7, 11) is 2.28. The number of hydrogen-bond donors (Lipinski definition) is 1. The van der Waals surface area contributed by atoms with Crippen LogP contribution in [0, 0.1) is 17.8 Å². The molecule has 0 saturated heterocycles. The molecule has 0 aromatic carbocycles. The monoisotopic (exact) mass is 370 g/mol. The zero-order chi connectivity index (χ0) is 15.0. The van der Waals surface area contributed by atoms with E-state index in [2.05, 4.69) is 46.9 Å². The number of hydrogen-bond acceptors (Lipinski definition) is 3. The molecule has 2 saturated carbocycles. The third kappa shape index (κ3) is 3.39. The van der Waals surface area contributed by atoms with Crippen LogP contribution in [0.25, 0.3) is 0 Å². The van der Waals surface area contributed by atoms with Crippen LogP contribution in [-0.4, -0.2) is 24.5 Å². The molecule has 0 amide bonds. The van der Waals surface area contributed by atoms with Gasteiger partial charge >= 0.3 is 0 Å². The Morgan fingerprint density at radius 1 is 1.38 bits per heavy atom. The summed E-state index contributed by atoms with van der Waals surface area (Å²) in [5.41, 5.74) is 6.46. The summed E-state index contributed by atoms with van der Waals surface area (Å²) in [4.78, 5) is 3.94. The van der Waals surface area contributed by atoms with E-state index in [4.69, 9.17) is 5.73 Å². The highest BCUT2D eigenvalue weighted by Crippen LogP contribution is 2.49. The summed E-state index contributed by atoms with van der Waals surface area (Å²) >= 11 is 5.43. The molecule has 2 nitrogen and oxygen atoms in total. The molecule has 2 aliphatic rings. The molecule has 0 radical (unpaired) electrons. The lowest BCUT2D eigenvalue weighted by Crippen LogP contribution is -2.41. The minimum Gasteiger partial charge on any atom is -0.326 e. The number of nitrogens with zero attached hydrogens (tertiary/aromatic N) is 1. The van der Waals surface area contributed by atoms with Gasteiger partial charge in [0.1, 0.15) is 0 Å². The zero-order valence-corrected chi connectivity index (χ0v) is 15.5. The first kappa shape index (κ1) is 16.0. The summed E-state index contributed by atoms with van der Waals surface area (Å²) in [5, 5.41) is 0. The lowest BCUT2D eigenvalue weighted by Gasteiger charge is -2.35. The first-order chi connectivity index (χ1) is 10.1. The Morgan fingerprint density at radius 2 is 2.19 bits per heavy atom. The lowest BCUT2D eigenvalue weighted by molar-refractivity contribution is 0.155. The first-order valence-electron chi connectivity index (χ1n) is 8.29. The van der Waals surface area contributed by atoms with Gasteiger partial charge in [0.2, 0.25) is 0 Å². The Labute approximate surface area is 141 Å². The van der Waals surface area contributed by atoms with Crippen molar-refractivity contribution in [1.29, 1.82) is 0 Å². The van der Waals surface area contributed by atoms with E-state index >= 15 is 0 Å². The number of rotatable bonds is 6. The minimum atomic E-state index is 0.221. The van der Waals surface area contributed by atoms with Crippen molar-refractivity contribution in [2.45, 2.75) is 51.1 Å². The SMILES string of the molecule is CCC(N)C(c1ccc(Br)s1)N(C)CC1CC2CCC1C2. The molecule has 2 fully saturated rings. The van der Waals surface area contributed by atoms with Crippen molar-refractivity contribution in [1.82, 2.24) is 4.90 Å². The zero-order valence-electron chi connectivity index (χ0n) is 13.1. The molecule has 0 aliphatic heterocycles. The average molecular weight is 371 g/mol. The second-order valence-electron chi connectivity index (χ2n) is 7.03. The first-order valence-corrected chi connectivity index (χ1v) is 9.90. The van der Waals surface area contributed by atoms with Crippen LogP contribution in [-0.2, 0) is 0 Å². The molecule has 118 valence electrons. The van der Waals surface area contributed by atoms with Gasteiger partial charge in [0.05, 0.1) is 9.83 Å². The molecule has 5 atom stereocenters. The molecule has 3 rings (SSSR count).